The zero-order valence-corrected chi connectivity index (χ0v) is 10.4. The molecule has 0 saturated carbocycles. The van der Waals surface area contributed by atoms with Crippen molar-refractivity contribution in [1.29, 1.82) is 0 Å². The number of halogens is 1. The minimum atomic E-state index is -0.0245. The number of hydrogen-bond acceptors (Lipinski definition) is 4. The van der Waals surface area contributed by atoms with Gasteiger partial charge in [0.05, 0.1) is 6.20 Å². The molecule has 1 saturated heterocycles. The third-order valence-corrected chi connectivity index (χ3v) is 3.02. The number of likely N-dealkylation sites (tertiary alicyclic amines) is 1. The van der Waals surface area contributed by atoms with E-state index in [2.05, 4.69) is 9.97 Å². The lowest BCUT2D eigenvalue weighted by molar-refractivity contribution is 0.0687. The van der Waals surface area contributed by atoms with Gasteiger partial charge in [-0.05, 0) is 25.3 Å². The molecule has 1 fully saturated rings. The molecule has 94 valence electrons. The standard InChI is InChI=1S/C11H16N4O.ClH/c12-7-9-1-5-15(6-2-9)11(16)10-8-13-3-4-14-10;/h3-4,8-9H,1-2,5-7,12H2;1H. The lowest BCUT2D eigenvalue weighted by atomic mass is 9.97. The van der Waals surface area contributed by atoms with Crippen LogP contribution in [-0.4, -0.2) is 40.4 Å². The van der Waals surface area contributed by atoms with Crippen LogP contribution < -0.4 is 5.73 Å². The van der Waals surface area contributed by atoms with Crippen molar-refractivity contribution in [2.75, 3.05) is 19.6 Å². The molecule has 2 heterocycles. The van der Waals surface area contributed by atoms with Gasteiger partial charge in [0.1, 0.15) is 5.69 Å². The summed E-state index contributed by atoms with van der Waals surface area (Å²) in [6, 6.07) is 0. The number of amides is 1. The average Bonchev–Trinajstić information content (AvgIpc) is 2.39. The molecule has 1 aliphatic rings. The van der Waals surface area contributed by atoms with E-state index in [0.29, 0.717) is 18.2 Å². The highest BCUT2D eigenvalue weighted by molar-refractivity contribution is 5.92. The van der Waals surface area contributed by atoms with Gasteiger partial charge in [0.2, 0.25) is 0 Å². The zero-order chi connectivity index (χ0) is 11.4. The molecule has 0 unspecified atom stereocenters. The second kappa shape index (κ2) is 6.51. The van der Waals surface area contributed by atoms with Gasteiger partial charge in [-0.25, -0.2) is 4.98 Å². The summed E-state index contributed by atoms with van der Waals surface area (Å²) in [5.74, 6) is 0.537. The van der Waals surface area contributed by atoms with Crippen LogP contribution in [0.5, 0.6) is 0 Å². The molecule has 0 bridgehead atoms. The summed E-state index contributed by atoms with van der Waals surface area (Å²) in [4.78, 5) is 21.7. The molecule has 0 aliphatic carbocycles. The SMILES string of the molecule is Cl.NCC1CCN(C(=O)c2cnccn2)CC1. The molecule has 1 aliphatic heterocycles. The summed E-state index contributed by atoms with van der Waals surface area (Å²) >= 11 is 0. The number of aromatic nitrogens is 2. The van der Waals surface area contributed by atoms with Crippen LogP contribution in [0.1, 0.15) is 23.3 Å². The Morgan fingerprint density at radius 1 is 1.41 bits per heavy atom. The van der Waals surface area contributed by atoms with Crippen LogP contribution in [0.3, 0.4) is 0 Å². The summed E-state index contributed by atoms with van der Waals surface area (Å²) in [7, 11) is 0. The van der Waals surface area contributed by atoms with E-state index in [1.165, 1.54) is 6.20 Å². The van der Waals surface area contributed by atoms with Crippen molar-refractivity contribution in [2.24, 2.45) is 11.7 Å². The number of carbonyl (C=O) groups is 1. The second-order valence-corrected chi connectivity index (χ2v) is 4.06. The highest BCUT2D eigenvalue weighted by Crippen LogP contribution is 2.17. The molecular formula is C11H17ClN4O. The Bertz CT molecular complexity index is 352. The maximum absolute atomic E-state index is 12.0. The Morgan fingerprint density at radius 3 is 2.65 bits per heavy atom. The van der Waals surface area contributed by atoms with Gasteiger partial charge in [0, 0.05) is 25.5 Å². The number of rotatable bonds is 2. The van der Waals surface area contributed by atoms with E-state index >= 15 is 0 Å². The predicted octanol–water partition coefficient (Wildman–Crippen LogP) is 0.709. The Hall–Kier alpha value is -1.20. The molecule has 5 nitrogen and oxygen atoms in total. The van der Waals surface area contributed by atoms with Crippen molar-refractivity contribution in [3.05, 3.63) is 24.3 Å². The minimum Gasteiger partial charge on any atom is -0.337 e. The maximum Gasteiger partial charge on any atom is 0.274 e. The molecule has 0 aromatic carbocycles. The molecule has 0 atom stereocenters. The summed E-state index contributed by atoms with van der Waals surface area (Å²) in [5.41, 5.74) is 6.03. The van der Waals surface area contributed by atoms with Gasteiger partial charge in [-0.3, -0.25) is 9.78 Å². The third-order valence-electron chi connectivity index (χ3n) is 3.02. The van der Waals surface area contributed by atoms with E-state index in [-0.39, 0.29) is 18.3 Å². The summed E-state index contributed by atoms with van der Waals surface area (Å²) in [5, 5.41) is 0. The fourth-order valence-corrected chi connectivity index (χ4v) is 1.94. The third kappa shape index (κ3) is 3.38. The van der Waals surface area contributed by atoms with Gasteiger partial charge >= 0.3 is 0 Å². The molecule has 1 aromatic heterocycles. The van der Waals surface area contributed by atoms with Crippen LogP contribution in [0.2, 0.25) is 0 Å². The Labute approximate surface area is 107 Å². The van der Waals surface area contributed by atoms with E-state index in [0.717, 1.165) is 25.9 Å². The molecule has 0 spiro atoms. The Kier molecular flexibility index (Phi) is 5.31. The number of hydrogen-bond donors (Lipinski definition) is 1. The first-order valence-corrected chi connectivity index (χ1v) is 5.56. The van der Waals surface area contributed by atoms with E-state index < -0.39 is 0 Å². The Balaban J connectivity index is 0.00000144. The number of nitrogens with zero attached hydrogens (tertiary/aromatic N) is 3. The average molecular weight is 257 g/mol. The fraction of sp³-hybridized carbons (Fsp3) is 0.545. The molecule has 2 rings (SSSR count). The van der Waals surface area contributed by atoms with Crippen molar-refractivity contribution >= 4 is 18.3 Å². The smallest absolute Gasteiger partial charge is 0.274 e. The fourth-order valence-electron chi connectivity index (χ4n) is 1.94. The highest BCUT2D eigenvalue weighted by atomic mass is 35.5. The quantitative estimate of drug-likeness (QED) is 0.846. The van der Waals surface area contributed by atoms with E-state index in [9.17, 15) is 4.79 Å². The van der Waals surface area contributed by atoms with Crippen LogP contribution in [0.25, 0.3) is 0 Å². The zero-order valence-electron chi connectivity index (χ0n) is 9.58. The lowest BCUT2D eigenvalue weighted by Crippen LogP contribution is -2.40. The lowest BCUT2D eigenvalue weighted by Gasteiger charge is -2.31. The molecular weight excluding hydrogens is 240 g/mol. The van der Waals surface area contributed by atoms with E-state index in [1.54, 1.807) is 12.4 Å². The van der Waals surface area contributed by atoms with Crippen LogP contribution in [0, 0.1) is 5.92 Å². The molecule has 17 heavy (non-hydrogen) atoms. The number of piperidine rings is 1. The van der Waals surface area contributed by atoms with Gasteiger partial charge in [-0.15, -0.1) is 12.4 Å². The van der Waals surface area contributed by atoms with Crippen LogP contribution in [0.4, 0.5) is 0 Å². The van der Waals surface area contributed by atoms with Gasteiger partial charge in [0.15, 0.2) is 0 Å². The van der Waals surface area contributed by atoms with E-state index in [4.69, 9.17) is 5.73 Å². The highest BCUT2D eigenvalue weighted by Gasteiger charge is 2.23. The summed E-state index contributed by atoms with van der Waals surface area (Å²) < 4.78 is 0. The van der Waals surface area contributed by atoms with Crippen molar-refractivity contribution in [1.82, 2.24) is 14.9 Å². The van der Waals surface area contributed by atoms with Crippen molar-refractivity contribution in [3.8, 4) is 0 Å². The summed E-state index contributed by atoms with van der Waals surface area (Å²) in [6.07, 6.45) is 6.60. The van der Waals surface area contributed by atoms with Crippen LogP contribution in [-0.2, 0) is 0 Å². The molecule has 1 amide bonds. The first-order chi connectivity index (χ1) is 7.81. The molecule has 2 N–H and O–H groups in total. The van der Waals surface area contributed by atoms with Crippen molar-refractivity contribution in [3.63, 3.8) is 0 Å². The second-order valence-electron chi connectivity index (χ2n) is 4.06. The monoisotopic (exact) mass is 256 g/mol. The Morgan fingerprint density at radius 2 is 2.12 bits per heavy atom. The maximum atomic E-state index is 12.0. The first-order valence-electron chi connectivity index (χ1n) is 5.56. The molecule has 6 heteroatoms. The topological polar surface area (TPSA) is 72.1 Å². The molecule has 0 radical (unpaired) electrons. The van der Waals surface area contributed by atoms with Gasteiger partial charge in [-0.2, -0.15) is 0 Å². The number of carbonyl (C=O) groups excluding carboxylic acids is 1. The van der Waals surface area contributed by atoms with Crippen molar-refractivity contribution in [2.45, 2.75) is 12.8 Å². The largest absolute Gasteiger partial charge is 0.337 e. The molecule has 1 aromatic rings. The van der Waals surface area contributed by atoms with E-state index in [1.807, 2.05) is 4.90 Å². The van der Waals surface area contributed by atoms with Crippen LogP contribution in [0.15, 0.2) is 18.6 Å². The van der Waals surface area contributed by atoms with Gasteiger partial charge in [0.25, 0.3) is 5.91 Å². The van der Waals surface area contributed by atoms with Gasteiger partial charge in [-0.1, -0.05) is 0 Å². The first kappa shape index (κ1) is 13.9. The summed E-state index contributed by atoms with van der Waals surface area (Å²) in [6.45, 7) is 2.27. The van der Waals surface area contributed by atoms with Gasteiger partial charge < -0.3 is 10.6 Å². The minimum absolute atomic E-state index is 0. The van der Waals surface area contributed by atoms with Crippen molar-refractivity contribution < 1.29 is 4.79 Å². The number of nitrogens with two attached hydrogens (primary N) is 1. The van der Waals surface area contributed by atoms with Crippen LogP contribution >= 0.6 is 12.4 Å². The predicted molar refractivity (Wildman–Crippen MR) is 67.0 cm³/mol. The normalized spacial score (nSPS) is 16.4.